The molecule has 0 spiro atoms. The molecule has 1 aliphatic carbocycles. The third kappa shape index (κ3) is 4.08. The van der Waals surface area contributed by atoms with E-state index in [9.17, 15) is 5.11 Å². The molecule has 0 saturated carbocycles. The topological polar surface area (TPSA) is 77.0 Å². The highest BCUT2D eigenvalue weighted by molar-refractivity contribution is 5.52. The molecule has 1 aromatic heterocycles. The Morgan fingerprint density at radius 1 is 1.06 bits per heavy atom. The molecule has 2 N–H and O–H groups in total. The van der Waals surface area contributed by atoms with Crippen LogP contribution in [-0.4, -0.2) is 82.8 Å². The van der Waals surface area contributed by atoms with Gasteiger partial charge < -0.3 is 25.0 Å². The maximum atomic E-state index is 10.7. The van der Waals surface area contributed by atoms with Crippen LogP contribution in [0.3, 0.4) is 0 Å². The molecule has 4 aliphatic heterocycles. The highest BCUT2D eigenvalue weighted by Gasteiger charge is 2.38. The van der Waals surface area contributed by atoms with Gasteiger partial charge in [0.05, 0.1) is 11.8 Å². The molecule has 0 radical (unpaired) electrons. The maximum absolute atomic E-state index is 10.7. The lowest BCUT2D eigenvalue weighted by Crippen LogP contribution is -2.52. The molecule has 8 heteroatoms. The summed E-state index contributed by atoms with van der Waals surface area (Å²) in [7, 11) is 2.18. The van der Waals surface area contributed by atoms with Crippen molar-refractivity contribution in [2.24, 2.45) is 0 Å². The van der Waals surface area contributed by atoms with Crippen LogP contribution in [0.1, 0.15) is 66.6 Å². The average Bonchev–Trinajstić information content (AvgIpc) is 3.58. The second-order valence-electron chi connectivity index (χ2n) is 11.5. The Morgan fingerprint density at radius 2 is 1.86 bits per heavy atom. The number of hydrogen-bond donors (Lipinski definition) is 2. The van der Waals surface area contributed by atoms with Crippen LogP contribution in [0.25, 0.3) is 0 Å². The minimum Gasteiger partial charge on any atom is -0.462 e. The Kier molecular flexibility index (Phi) is 5.88. The van der Waals surface area contributed by atoms with Gasteiger partial charge >= 0.3 is 6.01 Å². The molecule has 5 aliphatic rings. The zero-order valence-electron chi connectivity index (χ0n) is 21.3. The number of rotatable bonds is 5. The summed E-state index contributed by atoms with van der Waals surface area (Å²) in [4.78, 5) is 17.4. The molecule has 3 saturated heterocycles. The molecule has 192 valence electrons. The summed E-state index contributed by atoms with van der Waals surface area (Å²) >= 11 is 0. The van der Waals surface area contributed by atoms with E-state index >= 15 is 0 Å². The third-order valence-electron chi connectivity index (χ3n) is 9.25. The zero-order valence-corrected chi connectivity index (χ0v) is 21.3. The van der Waals surface area contributed by atoms with Crippen LogP contribution in [0.5, 0.6) is 6.01 Å². The van der Waals surface area contributed by atoms with Crippen molar-refractivity contribution < 1.29 is 9.84 Å². The van der Waals surface area contributed by atoms with Crippen molar-refractivity contribution in [1.29, 1.82) is 0 Å². The number of aromatic nitrogens is 2. The molecule has 3 fully saturated rings. The number of likely N-dealkylation sites (N-methyl/N-ethyl adjacent to an activating group) is 1. The number of ether oxygens (including phenoxy) is 1. The molecule has 1 aromatic carbocycles. The molecule has 8 nitrogen and oxygen atoms in total. The monoisotopic (exact) mass is 490 g/mol. The molecule has 7 rings (SSSR count). The molecule has 36 heavy (non-hydrogen) atoms. The van der Waals surface area contributed by atoms with Crippen LogP contribution < -0.4 is 15.0 Å². The highest BCUT2D eigenvalue weighted by atomic mass is 16.5. The normalized spacial score (nSPS) is 32.1. The predicted octanol–water partition coefficient (Wildman–Crippen LogP) is 2.43. The van der Waals surface area contributed by atoms with Crippen LogP contribution >= 0.6 is 0 Å². The van der Waals surface area contributed by atoms with Crippen molar-refractivity contribution in [3.63, 3.8) is 0 Å². The van der Waals surface area contributed by atoms with Crippen molar-refractivity contribution in [2.45, 2.75) is 75.3 Å². The van der Waals surface area contributed by atoms with Gasteiger partial charge in [0.15, 0.2) is 0 Å². The predicted molar refractivity (Wildman–Crippen MR) is 138 cm³/mol. The fourth-order valence-electron chi connectivity index (χ4n) is 7.26. The van der Waals surface area contributed by atoms with Crippen molar-refractivity contribution in [3.05, 3.63) is 46.6 Å². The number of benzene rings is 1. The molecular formula is C28H38N6O2. The number of hydrogen-bond acceptors (Lipinski definition) is 8. The summed E-state index contributed by atoms with van der Waals surface area (Å²) in [6, 6.07) is 10.7. The second-order valence-corrected chi connectivity index (χ2v) is 11.5. The summed E-state index contributed by atoms with van der Waals surface area (Å²) in [6.07, 6.45) is 6.22. The molecule has 5 atom stereocenters. The van der Waals surface area contributed by atoms with Gasteiger partial charge in [-0.3, -0.25) is 4.90 Å². The number of nitrogens with zero attached hydrogens (tertiary/aromatic N) is 5. The molecular weight excluding hydrogens is 452 g/mol. The van der Waals surface area contributed by atoms with E-state index < -0.39 is 0 Å². The number of piperazine rings is 1. The first-order valence-corrected chi connectivity index (χ1v) is 13.9. The largest absolute Gasteiger partial charge is 0.462 e. The van der Waals surface area contributed by atoms with Gasteiger partial charge in [-0.1, -0.05) is 24.3 Å². The van der Waals surface area contributed by atoms with Crippen molar-refractivity contribution in [3.8, 4) is 6.01 Å². The van der Waals surface area contributed by atoms with E-state index in [1.54, 1.807) is 0 Å². The summed E-state index contributed by atoms with van der Waals surface area (Å²) in [5.41, 5.74) is 4.75. The lowest BCUT2D eigenvalue weighted by Gasteiger charge is -2.38. The van der Waals surface area contributed by atoms with Crippen LogP contribution in [0.4, 0.5) is 5.82 Å². The van der Waals surface area contributed by atoms with Gasteiger partial charge in [0.2, 0.25) is 0 Å². The summed E-state index contributed by atoms with van der Waals surface area (Å²) in [6.45, 7) is 5.54. The maximum Gasteiger partial charge on any atom is 0.318 e. The number of anilines is 1. The van der Waals surface area contributed by atoms with E-state index in [2.05, 4.69) is 45.3 Å². The van der Waals surface area contributed by atoms with E-state index in [0.717, 1.165) is 62.6 Å². The van der Waals surface area contributed by atoms with Crippen molar-refractivity contribution in [2.75, 3.05) is 44.7 Å². The first-order chi connectivity index (χ1) is 17.6. The lowest BCUT2D eigenvalue weighted by molar-refractivity contribution is 0.114. The number of fused-ring (bicyclic) bond motifs is 4. The third-order valence-corrected chi connectivity index (χ3v) is 9.25. The van der Waals surface area contributed by atoms with Crippen LogP contribution in [0, 0.1) is 0 Å². The Morgan fingerprint density at radius 3 is 2.64 bits per heavy atom. The minimum atomic E-state index is -0.382. The Labute approximate surface area is 213 Å². The number of aliphatic hydroxyl groups excluding tert-OH is 1. The highest BCUT2D eigenvalue weighted by Crippen LogP contribution is 2.44. The standard InChI is InChI=1S/C28H38N6O2/c1-32-11-4-5-20(32)17-36-28-30-24-16-33(25-13-26(35)22-7-3-2-6-21(22)25)12-10-23(24)27(31-28)34-14-18-8-9-19(15-34)29-18/h2-3,6-7,18-20,25-26,29,35H,4-5,8-17H2,1H3/t18-,19+,20-,25?,26?/m0/s1. The summed E-state index contributed by atoms with van der Waals surface area (Å²) < 4.78 is 6.30. The molecule has 2 aromatic rings. The summed E-state index contributed by atoms with van der Waals surface area (Å²) in [5, 5.41) is 14.5. The lowest BCUT2D eigenvalue weighted by atomic mass is 10.00. The van der Waals surface area contributed by atoms with E-state index in [1.807, 2.05) is 6.07 Å². The van der Waals surface area contributed by atoms with Gasteiger partial charge in [0, 0.05) is 55.9 Å². The van der Waals surface area contributed by atoms with Gasteiger partial charge in [-0.05, 0) is 63.2 Å². The Hall–Kier alpha value is -2.26. The number of likely N-dealkylation sites (tertiary alicyclic amines) is 1. The van der Waals surface area contributed by atoms with Crippen molar-refractivity contribution in [1.82, 2.24) is 25.1 Å². The van der Waals surface area contributed by atoms with Gasteiger partial charge in [-0.25, -0.2) is 0 Å². The molecule has 5 heterocycles. The van der Waals surface area contributed by atoms with E-state index in [4.69, 9.17) is 14.7 Å². The minimum absolute atomic E-state index is 0.231. The fourth-order valence-corrected chi connectivity index (χ4v) is 7.26. The second kappa shape index (κ2) is 9.24. The van der Waals surface area contributed by atoms with Gasteiger partial charge in [-0.2, -0.15) is 9.97 Å². The van der Waals surface area contributed by atoms with Gasteiger partial charge in [0.25, 0.3) is 0 Å². The molecule has 2 unspecified atom stereocenters. The molecule has 2 bridgehead atoms. The first-order valence-electron chi connectivity index (χ1n) is 13.9. The van der Waals surface area contributed by atoms with E-state index in [0.29, 0.717) is 30.7 Å². The zero-order chi connectivity index (χ0) is 24.2. The first kappa shape index (κ1) is 22.9. The summed E-state index contributed by atoms with van der Waals surface area (Å²) in [5.74, 6) is 1.10. The van der Waals surface area contributed by atoms with E-state index in [-0.39, 0.29) is 12.1 Å². The molecule has 0 amide bonds. The van der Waals surface area contributed by atoms with Gasteiger partial charge in [-0.15, -0.1) is 0 Å². The average molecular weight is 491 g/mol. The smallest absolute Gasteiger partial charge is 0.318 e. The van der Waals surface area contributed by atoms with E-state index in [1.165, 1.54) is 36.8 Å². The fraction of sp³-hybridized carbons (Fsp3) is 0.643. The van der Waals surface area contributed by atoms with Crippen LogP contribution in [0.2, 0.25) is 0 Å². The van der Waals surface area contributed by atoms with Crippen LogP contribution in [0.15, 0.2) is 24.3 Å². The Bertz CT molecular complexity index is 1120. The van der Waals surface area contributed by atoms with Crippen LogP contribution in [-0.2, 0) is 13.0 Å². The van der Waals surface area contributed by atoms with Crippen molar-refractivity contribution >= 4 is 5.82 Å². The quantitative estimate of drug-likeness (QED) is 0.662. The van der Waals surface area contributed by atoms with Gasteiger partial charge in [0.1, 0.15) is 12.4 Å². The Balaban J connectivity index is 1.18. The number of nitrogens with one attached hydrogen (secondary N) is 1. The number of aliphatic hydroxyl groups is 1. The SMILES string of the molecule is CN1CCC[C@H]1COc1nc2c(c(N3C[C@H]4CC[C@@H](C3)N4)n1)CCN(C1CC(O)c3ccccc31)C2.